The lowest BCUT2D eigenvalue weighted by molar-refractivity contribution is 0.0520. The van der Waals surface area contributed by atoms with Crippen LogP contribution in [0.5, 0.6) is 0 Å². The number of hydrogen-bond donors (Lipinski definition) is 0. The quantitative estimate of drug-likeness (QED) is 0.624. The molecule has 2 rings (SSSR count). The molecule has 94 valence electrons. The number of aromatic nitrogens is 1. The van der Waals surface area contributed by atoms with Crippen molar-refractivity contribution in [2.24, 2.45) is 0 Å². The number of ether oxygens (including phenoxy) is 1. The van der Waals surface area contributed by atoms with Crippen molar-refractivity contribution in [2.75, 3.05) is 6.61 Å². The van der Waals surface area contributed by atoms with Crippen molar-refractivity contribution in [2.45, 2.75) is 13.8 Å². The van der Waals surface area contributed by atoms with Crippen LogP contribution in [0.15, 0.2) is 29.0 Å². The Bertz CT molecular complexity index is 577. The SMILES string of the molecule is CCOC(=O)c1ncoc1-c1cccc(C)c1I. The highest BCUT2D eigenvalue weighted by Gasteiger charge is 2.21. The highest BCUT2D eigenvalue weighted by atomic mass is 127. The van der Waals surface area contributed by atoms with Crippen LogP contribution in [0.4, 0.5) is 0 Å². The maximum atomic E-state index is 11.7. The topological polar surface area (TPSA) is 52.3 Å². The molecule has 2 aromatic rings. The summed E-state index contributed by atoms with van der Waals surface area (Å²) in [4.78, 5) is 15.7. The van der Waals surface area contributed by atoms with Crippen LogP contribution < -0.4 is 0 Å². The largest absolute Gasteiger partial charge is 0.461 e. The Morgan fingerprint density at radius 1 is 1.50 bits per heavy atom. The molecule has 5 heteroatoms. The lowest BCUT2D eigenvalue weighted by atomic mass is 10.1. The lowest BCUT2D eigenvalue weighted by Gasteiger charge is -2.05. The fourth-order valence-corrected chi connectivity index (χ4v) is 2.21. The van der Waals surface area contributed by atoms with Gasteiger partial charge in [0.1, 0.15) is 0 Å². The third-order valence-electron chi connectivity index (χ3n) is 2.47. The van der Waals surface area contributed by atoms with Crippen LogP contribution >= 0.6 is 22.6 Å². The van der Waals surface area contributed by atoms with Crippen LogP contribution in [0.1, 0.15) is 23.0 Å². The molecule has 0 aliphatic rings. The summed E-state index contributed by atoms with van der Waals surface area (Å²) in [5.74, 6) is 0.0000983. The molecule has 1 heterocycles. The first-order chi connectivity index (χ1) is 8.65. The molecule has 0 saturated heterocycles. The van der Waals surface area contributed by atoms with Gasteiger partial charge < -0.3 is 9.15 Å². The number of oxazole rings is 1. The Labute approximate surface area is 118 Å². The summed E-state index contributed by atoms with van der Waals surface area (Å²) in [6.45, 7) is 4.08. The third-order valence-corrected chi connectivity index (χ3v) is 3.90. The smallest absolute Gasteiger partial charge is 0.360 e. The van der Waals surface area contributed by atoms with Gasteiger partial charge >= 0.3 is 5.97 Å². The lowest BCUT2D eigenvalue weighted by Crippen LogP contribution is -2.06. The molecule has 0 bridgehead atoms. The third kappa shape index (κ3) is 2.40. The number of halogens is 1. The second-order valence-corrected chi connectivity index (χ2v) is 4.77. The van der Waals surface area contributed by atoms with Gasteiger partial charge in [-0.1, -0.05) is 18.2 Å². The summed E-state index contributed by atoms with van der Waals surface area (Å²) in [5, 5.41) is 0. The van der Waals surface area contributed by atoms with Gasteiger partial charge in [0.15, 0.2) is 17.8 Å². The summed E-state index contributed by atoms with van der Waals surface area (Å²) in [6.07, 6.45) is 1.26. The molecule has 0 radical (unpaired) electrons. The Morgan fingerprint density at radius 3 is 3.00 bits per heavy atom. The standard InChI is InChI=1S/C13H12INO3/c1-3-17-13(16)11-12(18-7-15-11)9-6-4-5-8(2)10(9)14/h4-7H,3H2,1-2H3. The zero-order valence-corrected chi connectivity index (χ0v) is 12.2. The van der Waals surface area contributed by atoms with Gasteiger partial charge in [-0.15, -0.1) is 0 Å². The average molecular weight is 357 g/mol. The van der Waals surface area contributed by atoms with Crippen molar-refractivity contribution in [3.05, 3.63) is 39.4 Å². The van der Waals surface area contributed by atoms with E-state index in [-0.39, 0.29) is 5.69 Å². The molecule has 0 saturated carbocycles. The highest BCUT2D eigenvalue weighted by molar-refractivity contribution is 14.1. The summed E-state index contributed by atoms with van der Waals surface area (Å²) in [6, 6.07) is 5.83. The molecular formula is C13H12INO3. The van der Waals surface area contributed by atoms with Crippen LogP contribution in [-0.2, 0) is 4.74 Å². The first-order valence-electron chi connectivity index (χ1n) is 5.51. The van der Waals surface area contributed by atoms with Crippen molar-refractivity contribution >= 4 is 28.6 Å². The molecule has 1 aromatic heterocycles. The van der Waals surface area contributed by atoms with Gasteiger partial charge in [0.2, 0.25) is 0 Å². The van der Waals surface area contributed by atoms with E-state index in [0.29, 0.717) is 12.4 Å². The zero-order valence-electron chi connectivity index (χ0n) is 10.1. The minimum absolute atomic E-state index is 0.223. The minimum atomic E-state index is -0.460. The monoisotopic (exact) mass is 357 g/mol. The fourth-order valence-electron chi connectivity index (χ4n) is 1.60. The molecule has 0 amide bonds. The Hall–Kier alpha value is -1.37. The van der Waals surface area contributed by atoms with E-state index in [0.717, 1.165) is 14.7 Å². The fraction of sp³-hybridized carbons (Fsp3) is 0.231. The van der Waals surface area contributed by atoms with Crippen LogP contribution in [0.3, 0.4) is 0 Å². The number of benzene rings is 1. The molecule has 18 heavy (non-hydrogen) atoms. The van der Waals surface area contributed by atoms with Gasteiger partial charge in [0.25, 0.3) is 0 Å². The summed E-state index contributed by atoms with van der Waals surface area (Å²) < 4.78 is 11.3. The number of rotatable bonds is 3. The molecule has 4 nitrogen and oxygen atoms in total. The Morgan fingerprint density at radius 2 is 2.28 bits per heavy atom. The van der Waals surface area contributed by atoms with E-state index in [2.05, 4.69) is 27.6 Å². The van der Waals surface area contributed by atoms with E-state index in [1.165, 1.54) is 6.39 Å². The number of aryl methyl sites for hydroxylation is 1. The van der Waals surface area contributed by atoms with E-state index in [9.17, 15) is 4.79 Å². The van der Waals surface area contributed by atoms with Crippen LogP contribution in [0.2, 0.25) is 0 Å². The Balaban J connectivity index is 2.49. The molecule has 0 spiro atoms. The van der Waals surface area contributed by atoms with Crippen LogP contribution in [0, 0.1) is 10.5 Å². The maximum Gasteiger partial charge on any atom is 0.360 e. The van der Waals surface area contributed by atoms with E-state index >= 15 is 0 Å². The Kier molecular flexibility index (Phi) is 4.00. The number of hydrogen-bond acceptors (Lipinski definition) is 4. The summed E-state index contributed by atoms with van der Waals surface area (Å²) in [5.41, 5.74) is 2.20. The molecule has 0 unspecified atom stereocenters. The van der Waals surface area contributed by atoms with Crippen molar-refractivity contribution in [1.82, 2.24) is 4.98 Å². The second-order valence-electron chi connectivity index (χ2n) is 3.69. The summed E-state index contributed by atoms with van der Waals surface area (Å²) >= 11 is 2.23. The first kappa shape index (κ1) is 13.1. The van der Waals surface area contributed by atoms with Crippen molar-refractivity contribution in [1.29, 1.82) is 0 Å². The van der Waals surface area contributed by atoms with E-state index in [1.54, 1.807) is 6.92 Å². The van der Waals surface area contributed by atoms with Crippen molar-refractivity contribution < 1.29 is 13.9 Å². The predicted molar refractivity (Wildman–Crippen MR) is 75.3 cm³/mol. The first-order valence-corrected chi connectivity index (χ1v) is 6.59. The number of carbonyl (C=O) groups is 1. The van der Waals surface area contributed by atoms with Crippen molar-refractivity contribution in [3.8, 4) is 11.3 Å². The van der Waals surface area contributed by atoms with Gasteiger partial charge in [0.05, 0.1) is 6.61 Å². The van der Waals surface area contributed by atoms with Gasteiger partial charge in [-0.3, -0.25) is 0 Å². The van der Waals surface area contributed by atoms with Crippen LogP contribution in [-0.4, -0.2) is 17.6 Å². The van der Waals surface area contributed by atoms with E-state index < -0.39 is 5.97 Å². The molecule has 0 N–H and O–H groups in total. The van der Waals surface area contributed by atoms with Gasteiger partial charge in [-0.2, -0.15) is 0 Å². The van der Waals surface area contributed by atoms with Crippen molar-refractivity contribution in [3.63, 3.8) is 0 Å². The predicted octanol–water partition coefficient (Wildman–Crippen LogP) is 3.43. The van der Waals surface area contributed by atoms with Gasteiger partial charge in [0, 0.05) is 9.13 Å². The average Bonchev–Trinajstić information content (AvgIpc) is 2.82. The summed E-state index contributed by atoms with van der Waals surface area (Å²) in [7, 11) is 0. The van der Waals surface area contributed by atoms with Crippen LogP contribution in [0.25, 0.3) is 11.3 Å². The second kappa shape index (κ2) is 5.51. The molecular weight excluding hydrogens is 345 g/mol. The molecule has 0 fully saturated rings. The minimum Gasteiger partial charge on any atom is -0.461 e. The number of esters is 1. The molecule has 1 aromatic carbocycles. The molecule has 0 atom stereocenters. The van der Waals surface area contributed by atoms with E-state index in [1.807, 2.05) is 25.1 Å². The maximum absolute atomic E-state index is 11.7. The number of nitrogens with zero attached hydrogens (tertiary/aromatic N) is 1. The van der Waals surface area contributed by atoms with Gasteiger partial charge in [-0.05, 0) is 42.0 Å². The highest BCUT2D eigenvalue weighted by Crippen LogP contribution is 2.30. The molecule has 0 aliphatic carbocycles. The number of carbonyl (C=O) groups excluding carboxylic acids is 1. The van der Waals surface area contributed by atoms with Gasteiger partial charge in [-0.25, -0.2) is 9.78 Å². The zero-order chi connectivity index (χ0) is 13.1. The molecule has 0 aliphatic heterocycles. The van der Waals surface area contributed by atoms with E-state index in [4.69, 9.17) is 9.15 Å². The normalized spacial score (nSPS) is 10.4.